The van der Waals surface area contributed by atoms with Crippen LogP contribution in [0.3, 0.4) is 0 Å². The lowest BCUT2D eigenvalue weighted by atomic mass is 9.97. The van der Waals surface area contributed by atoms with E-state index in [9.17, 15) is 0 Å². The van der Waals surface area contributed by atoms with Gasteiger partial charge in [-0.25, -0.2) is 19.9 Å². The highest BCUT2D eigenvalue weighted by Crippen LogP contribution is 2.38. The minimum atomic E-state index is 0.566. The number of benzene rings is 8. The molecule has 5 nitrogen and oxygen atoms in total. The standard InChI is InChI=1S/C46H28N4O/c1-2-13-32(14-3-1)43-48-44(35-19-8-18-34(28-35)38-21-9-16-30-12-6-7-20-37(30)38)50-45(49-43)39-22-10-17-31-25-26-40-42(41(31)39)51-46(47-40)36-24-23-29-11-4-5-15-33(29)27-36/h1-28H. The minimum Gasteiger partial charge on any atom is -0.435 e. The van der Waals surface area contributed by atoms with E-state index in [1.54, 1.807) is 0 Å². The highest BCUT2D eigenvalue weighted by molar-refractivity contribution is 6.11. The Hall–Kier alpha value is -6.98. The second kappa shape index (κ2) is 11.9. The third-order valence-corrected chi connectivity index (χ3v) is 9.52. The summed E-state index contributed by atoms with van der Waals surface area (Å²) in [6.07, 6.45) is 0. The highest BCUT2D eigenvalue weighted by Gasteiger charge is 2.19. The third-order valence-electron chi connectivity index (χ3n) is 9.52. The van der Waals surface area contributed by atoms with Crippen LogP contribution in [0.25, 0.3) is 100 Å². The second-order valence-corrected chi connectivity index (χ2v) is 12.7. The molecule has 0 saturated heterocycles. The predicted molar refractivity (Wildman–Crippen MR) is 207 cm³/mol. The number of rotatable bonds is 5. The Kier molecular flexibility index (Phi) is 6.74. The van der Waals surface area contributed by atoms with Crippen molar-refractivity contribution in [3.63, 3.8) is 0 Å². The van der Waals surface area contributed by atoms with Gasteiger partial charge in [0.1, 0.15) is 5.52 Å². The second-order valence-electron chi connectivity index (χ2n) is 12.7. The van der Waals surface area contributed by atoms with Crippen molar-refractivity contribution >= 4 is 43.4 Å². The lowest BCUT2D eigenvalue weighted by Gasteiger charge is -2.12. The van der Waals surface area contributed by atoms with Gasteiger partial charge in [-0.1, -0.05) is 146 Å². The first kappa shape index (κ1) is 29.0. The van der Waals surface area contributed by atoms with Gasteiger partial charge in [-0.2, -0.15) is 0 Å². The van der Waals surface area contributed by atoms with Crippen molar-refractivity contribution < 1.29 is 4.42 Å². The molecule has 2 aromatic heterocycles. The van der Waals surface area contributed by atoms with Crippen molar-refractivity contribution in [2.75, 3.05) is 0 Å². The SMILES string of the molecule is c1ccc(-c2nc(-c3cccc(-c4cccc5ccccc45)c3)nc(-c3cccc4ccc5nc(-c6ccc7ccccc7c6)oc5c34)n2)cc1. The minimum absolute atomic E-state index is 0.566. The van der Waals surface area contributed by atoms with Crippen LogP contribution in [0, 0.1) is 0 Å². The van der Waals surface area contributed by atoms with Gasteiger partial charge in [-0.15, -0.1) is 0 Å². The third kappa shape index (κ3) is 5.11. The number of oxazole rings is 1. The lowest BCUT2D eigenvalue weighted by molar-refractivity contribution is 0.623. The normalized spacial score (nSPS) is 11.5. The van der Waals surface area contributed by atoms with E-state index in [4.69, 9.17) is 24.4 Å². The molecule has 2 heterocycles. The summed E-state index contributed by atoms with van der Waals surface area (Å²) >= 11 is 0. The molecule has 0 aliphatic heterocycles. The monoisotopic (exact) mass is 652 g/mol. The van der Waals surface area contributed by atoms with Crippen molar-refractivity contribution in [3.8, 4) is 56.7 Å². The van der Waals surface area contributed by atoms with E-state index in [2.05, 4.69) is 115 Å². The van der Waals surface area contributed by atoms with Crippen LogP contribution in [0.1, 0.15) is 0 Å². The number of nitrogens with zero attached hydrogens (tertiary/aromatic N) is 4. The quantitative estimate of drug-likeness (QED) is 0.185. The first-order valence-electron chi connectivity index (χ1n) is 17.0. The van der Waals surface area contributed by atoms with E-state index in [-0.39, 0.29) is 0 Å². The summed E-state index contributed by atoms with van der Waals surface area (Å²) in [5.41, 5.74) is 7.34. The molecule has 0 unspecified atom stereocenters. The fourth-order valence-electron chi connectivity index (χ4n) is 7.03. The van der Waals surface area contributed by atoms with Gasteiger partial charge in [0.15, 0.2) is 23.1 Å². The Labute approximate surface area is 293 Å². The number of fused-ring (bicyclic) bond motifs is 5. The average Bonchev–Trinajstić information content (AvgIpc) is 3.65. The molecule has 5 heteroatoms. The van der Waals surface area contributed by atoms with Crippen LogP contribution in [0.15, 0.2) is 174 Å². The molecule has 0 spiro atoms. The van der Waals surface area contributed by atoms with E-state index < -0.39 is 0 Å². The van der Waals surface area contributed by atoms with Crippen LogP contribution >= 0.6 is 0 Å². The fourth-order valence-corrected chi connectivity index (χ4v) is 7.03. The summed E-state index contributed by atoms with van der Waals surface area (Å²) in [4.78, 5) is 20.3. The largest absolute Gasteiger partial charge is 0.435 e. The van der Waals surface area contributed by atoms with Crippen molar-refractivity contribution in [1.82, 2.24) is 19.9 Å². The summed E-state index contributed by atoms with van der Waals surface area (Å²) < 4.78 is 6.63. The van der Waals surface area contributed by atoms with Gasteiger partial charge in [0.25, 0.3) is 0 Å². The molecule has 238 valence electrons. The van der Waals surface area contributed by atoms with Crippen molar-refractivity contribution in [2.45, 2.75) is 0 Å². The maximum absolute atomic E-state index is 6.63. The van der Waals surface area contributed by atoms with Crippen LogP contribution in [0.4, 0.5) is 0 Å². The Morgan fingerprint density at radius 2 is 0.980 bits per heavy atom. The van der Waals surface area contributed by atoms with Crippen LogP contribution in [-0.4, -0.2) is 19.9 Å². The van der Waals surface area contributed by atoms with Gasteiger partial charge in [0.2, 0.25) is 5.89 Å². The molecule has 0 N–H and O–H groups in total. The van der Waals surface area contributed by atoms with Crippen LogP contribution < -0.4 is 0 Å². The molecule has 0 atom stereocenters. The molecule has 0 bridgehead atoms. The smallest absolute Gasteiger partial charge is 0.227 e. The Morgan fingerprint density at radius 1 is 0.353 bits per heavy atom. The van der Waals surface area contributed by atoms with E-state index >= 15 is 0 Å². The molecule has 10 rings (SSSR count). The predicted octanol–water partition coefficient (Wildman–Crippen LogP) is 11.8. The zero-order chi connectivity index (χ0) is 33.7. The molecule has 0 amide bonds. The molecule has 0 aliphatic rings. The molecule has 8 aromatic carbocycles. The van der Waals surface area contributed by atoms with Crippen LogP contribution in [-0.2, 0) is 0 Å². The summed E-state index contributed by atoms with van der Waals surface area (Å²) in [5.74, 6) is 2.34. The molecule has 0 aliphatic carbocycles. The van der Waals surface area contributed by atoms with Crippen molar-refractivity contribution in [1.29, 1.82) is 0 Å². The number of hydrogen-bond acceptors (Lipinski definition) is 5. The molecule has 0 radical (unpaired) electrons. The van der Waals surface area contributed by atoms with Gasteiger partial charge < -0.3 is 4.42 Å². The molecule has 10 aromatic rings. The molecular formula is C46H28N4O. The van der Waals surface area contributed by atoms with Gasteiger partial charge in [0, 0.05) is 27.6 Å². The van der Waals surface area contributed by atoms with Crippen LogP contribution in [0.5, 0.6) is 0 Å². The zero-order valence-electron chi connectivity index (χ0n) is 27.4. The summed E-state index contributed by atoms with van der Waals surface area (Å²) in [6, 6.07) is 58.3. The molecule has 0 fully saturated rings. The summed E-state index contributed by atoms with van der Waals surface area (Å²) in [5, 5.41) is 6.64. The number of hydrogen-bond donors (Lipinski definition) is 0. The molecule has 51 heavy (non-hydrogen) atoms. The average molecular weight is 653 g/mol. The topological polar surface area (TPSA) is 64.7 Å². The maximum Gasteiger partial charge on any atom is 0.227 e. The van der Waals surface area contributed by atoms with E-state index in [0.29, 0.717) is 28.9 Å². The first-order valence-corrected chi connectivity index (χ1v) is 17.0. The molecule has 0 saturated carbocycles. The van der Waals surface area contributed by atoms with Gasteiger partial charge in [0.05, 0.1) is 0 Å². The van der Waals surface area contributed by atoms with Crippen LogP contribution in [0.2, 0.25) is 0 Å². The first-order chi connectivity index (χ1) is 25.2. The van der Waals surface area contributed by atoms with E-state index in [1.165, 1.54) is 16.2 Å². The van der Waals surface area contributed by atoms with Gasteiger partial charge >= 0.3 is 0 Å². The fraction of sp³-hybridized carbons (Fsp3) is 0. The Balaban J connectivity index is 1.16. The Bertz CT molecular complexity index is 2930. The highest BCUT2D eigenvalue weighted by atomic mass is 16.3. The lowest BCUT2D eigenvalue weighted by Crippen LogP contribution is -2.00. The zero-order valence-corrected chi connectivity index (χ0v) is 27.4. The van der Waals surface area contributed by atoms with Crippen molar-refractivity contribution in [3.05, 3.63) is 170 Å². The van der Waals surface area contributed by atoms with Gasteiger partial charge in [-0.05, 0) is 62.3 Å². The summed E-state index contributed by atoms with van der Waals surface area (Å²) in [7, 11) is 0. The van der Waals surface area contributed by atoms with E-state index in [0.717, 1.165) is 55.1 Å². The van der Waals surface area contributed by atoms with Gasteiger partial charge in [-0.3, -0.25) is 0 Å². The number of aromatic nitrogens is 4. The van der Waals surface area contributed by atoms with E-state index in [1.807, 2.05) is 54.6 Å². The maximum atomic E-state index is 6.63. The Morgan fingerprint density at radius 3 is 1.86 bits per heavy atom. The summed E-state index contributed by atoms with van der Waals surface area (Å²) in [6.45, 7) is 0. The molecular weight excluding hydrogens is 625 g/mol. The van der Waals surface area contributed by atoms with Crippen molar-refractivity contribution in [2.24, 2.45) is 0 Å².